The average molecular weight is 166 g/mol. The van der Waals surface area contributed by atoms with E-state index in [4.69, 9.17) is 5.11 Å². The molecule has 0 radical (unpaired) electrons. The van der Waals surface area contributed by atoms with Crippen LogP contribution in [0, 0.1) is 0 Å². The summed E-state index contributed by atoms with van der Waals surface area (Å²) < 4.78 is 20.2. The summed E-state index contributed by atoms with van der Waals surface area (Å²) in [7, 11) is -3.23. The Labute approximate surface area is 57.5 Å². The summed E-state index contributed by atoms with van der Waals surface area (Å²) in [5, 5.41) is 8.21. The number of aliphatic carboxylic acids is 1. The highest BCUT2D eigenvalue weighted by Crippen LogP contribution is 2.51. The van der Waals surface area contributed by atoms with E-state index in [1.165, 1.54) is 0 Å². The van der Waals surface area contributed by atoms with Gasteiger partial charge in [-0.2, -0.15) is 0 Å². The molecule has 1 aliphatic rings. The minimum absolute atomic E-state index is 0.227. The summed E-state index contributed by atoms with van der Waals surface area (Å²) in [6.45, 7) is 0.453. The fourth-order valence-corrected chi connectivity index (χ4v) is 1.94. The van der Waals surface area contributed by atoms with Crippen LogP contribution in [0.1, 0.15) is 0 Å². The highest BCUT2D eigenvalue weighted by Gasteiger charge is 2.32. The molecule has 1 fully saturated rings. The van der Waals surface area contributed by atoms with Crippen molar-refractivity contribution in [2.75, 3.05) is 19.4 Å². The summed E-state index contributed by atoms with van der Waals surface area (Å²) in [4.78, 5) is 10.0. The van der Waals surface area contributed by atoms with Crippen LogP contribution in [0.2, 0.25) is 0 Å². The van der Waals surface area contributed by atoms with Crippen LogP contribution < -0.4 is 0 Å². The maximum Gasteiger partial charge on any atom is 0.341 e. The second kappa shape index (κ2) is 2.70. The molecule has 58 valence electrons. The molecule has 0 amide bonds. The van der Waals surface area contributed by atoms with Crippen LogP contribution >= 0.6 is 7.60 Å². The third-order valence-electron chi connectivity index (χ3n) is 0.988. The predicted octanol–water partition coefficient (Wildman–Crippen LogP) is 0.311. The third-order valence-corrected chi connectivity index (χ3v) is 2.80. The SMILES string of the molecule is O=C(O)CP1(=O)OCCO1. The van der Waals surface area contributed by atoms with E-state index in [2.05, 4.69) is 9.05 Å². The molecule has 1 aliphatic heterocycles. The van der Waals surface area contributed by atoms with Crippen LogP contribution in [0.4, 0.5) is 0 Å². The molecule has 1 heterocycles. The van der Waals surface area contributed by atoms with Crippen LogP contribution in [0.5, 0.6) is 0 Å². The molecule has 0 bridgehead atoms. The summed E-state index contributed by atoms with van der Waals surface area (Å²) in [6.07, 6.45) is -0.535. The summed E-state index contributed by atoms with van der Waals surface area (Å²) >= 11 is 0. The molecule has 1 N–H and O–H groups in total. The number of carboxylic acid groups (broad SMARTS) is 1. The molecule has 0 aromatic carbocycles. The topological polar surface area (TPSA) is 72.8 Å². The molecule has 0 aromatic rings. The van der Waals surface area contributed by atoms with Gasteiger partial charge in [-0.25, -0.2) is 0 Å². The zero-order chi connectivity index (χ0) is 7.61. The number of rotatable bonds is 2. The molecule has 0 aliphatic carbocycles. The maximum absolute atomic E-state index is 11.0. The molecule has 0 saturated carbocycles. The Bertz CT molecular complexity index is 178. The van der Waals surface area contributed by atoms with Gasteiger partial charge in [-0.3, -0.25) is 9.36 Å². The minimum Gasteiger partial charge on any atom is -0.481 e. The highest BCUT2D eigenvalue weighted by molar-refractivity contribution is 7.55. The summed E-state index contributed by atoms with van der Waals surface area (Å²) in [5.74, 6) is -1.16. The quantitative estimate of drug-likeness (QED) is 0.597. The van der Waals surface area contributed by atoms with Crippen molar-refractivity contribution in [1.29, 1.82) is 0 Å². The summed E-state index contributed by atoms with van der Waals surface area (Å²) in [5.41, 5.74) is 0. The Morgan fingerprint density at radius 3 is 2.40 bits per heavy atom. The Morgan fingerprint density at radius 1 is 1.50 bits per heavy atom. The van der Waals surface area contributed by atoms with Gasteiger partial charge in [0.25, 0.3) is 0 Å². The normalized spacial score (nSPS) is 22.8. The first-order valence-corrected chi connectivity index (χ1v) is 4.45. The number of hydrogen-bond donors (Lipinski definition) is 1. The first-order valence-electron chi connectivity index (χ1n) is 2.72. The van der Waals surface area contributed by atoms with Crippen molar-refractivity contribution in [3.05, 3.63) is 0 Å². The van der Waals surface area contributed by atoms with Gasteiger partial charge in [0.05, 0.1) is 13.2 Å². The molecule has 0 spiro atoms. The van der Waals surface area contributed by atoms with E-state index < -0.39 is 19.7 Å². The van der Waals surface area contributed by atoms with E-state index in [-0.39, 0.29) is 13.2 Å². The van der Waals surface area contributed by atoms with Gasteiger partial charge in [0.15, 0.2) is 0 Å². The van der Waals surface area contributed by atoms with Crippen molar-refractivity contribution in [1.82, 2.24) is 0 Å². The Morgan fingerprint density at radius 2 is 2.00 bits per heavy atom. The molecule has 0 unspecified atom stereocenters. The van der Waals surface area contributed by atoms with Gasteiger partial charge in [0, 0.05) is 0 Å². The van der Waals surface area contributed by atoms with E-state index in [1.54, 1.807) is 0 Å². The molecule has 0 atom stereocenters. The first-order chi connectivity index (χ1) is 4.62. The maximum atomic E-state index is 11.0. The Balaban J connectivity index is 2.52. The fourth-order valence-electron chi connectivity index (χ4n) is 0.647. The van der Waals surface area contributed by atoms with Gasteiger partial charge in [0.1, 0.15) is 6.16 Å². The lowest BCUT2D eigenvalue weighted by Crippen LogP contribution is -2.03. The second-order valence-electron chi connectivity index (χ2n) is 1.83. The van der Waals surface area contributed by atoms with E-state index in [9.17, 15) is 9.36 Å². The van der Waals surface area contributed by atoms with Gasteiger partial charge < -0.3 is 14.2 Å². The smallest absolute Gasteiger partial charge is 0.341 e. The molecule has 1 saturated heterocycles. The highest BCUT2D eigenvalue weighted by atomic mass is 31.2. The minimum atomic E-state index is -3.23. The van der Waals surface area contributed by atoms with Crippen molar-refractivity contribution in [2.45, 2.75) is 0 Å². The lowest BCUT2D eigenvalue weighted by Gasteiger charge is -2.03. The number of hydrogen-bond acceptors (Lipinski definition) is 4. The molecular weight excluding hydrogens is 159 g/mol. The van der Waals surface area contributed by atoms with Crippen LogP contribution in [-0.4, -0.2) is 30.5 Å². The van der Waals surface area contributed by atoms with Crippen LogP contribution in [0.3, 0.4) is 0 Å². The molecule has 10 heavy (non-hydrogen) atoms. The fraction of sp³-hybridized carbons (Fsp3) is 0.750. The lowest BCUT2D eigenvalue weighted by atomic mass is 10.8. The van der Waals surface area contributed by atoms with Gasteiger partial charge in [-0.15, -0.1) is 0 Å². The molecule has 6 heteroatoms. The van der Waals surface area contributed by atoms with E-state index >= 15 is 0 Å². The third kappa shape index (κ3) is 1.80. The van der Waals surface area contributed by atoms with Gasteiger partial charge >= 0.3 is 13.6 Å². The largest absolute Gasteiger partial charge is 0.481 e. The van der Waals surface area contributed by atoms with Crippen LogP contribution in [-0.2, 0) is 18.4 Å². The molecule has 1 rings (SSSR count). The number of carbonyl (C=O) groups is 1. The summed E-state index contributed by atoms with van der Waals surface area (Å²) in [6, 6.07) is 0. The predicted molar refractivity (Wildman–Crippen MR) is 32.0 cm³/mol. The Kier molecular flexibility index (Phi) is 2.08. The van der Waals surface area contributed by atoms with E-state index in [0.29, 0.717) is 0 Å². The zero-order valence-electron chi connectivity index (χ0n) is 5.15. The molecule has 0 aromatic heterocycles. The van der Waals surface area contributed by atoms with Gasteiger partial charge in [-0.05, 0) is 0 Å². The Hall–Kier alpha value is -0.380. The zero-order valence-corrected chi connectivity index (χ0v) is 6.04. The number of carboxylic acids is 1. The van der Waals surface area contributed by atoms with Crippen LogP contribution in [0.25, 0.3) is 0 Å². The van der Waals surface area contributed by atoms with E-state index in [1.807, 2.05) is 0 Å². The van der Waals surface area contributed by atoms with Crippen molar-refractivity contribution >= 4 is 13.6 Å². The molecule has 5 nitrogen and oxygen atoms in total. The molecular formula is C4H7O5P. The monoisotopic (exact) mass is 166 g/mol. The van der Waals surface area contributed by atoms with Crippen molar-refractivity contribution in [3.63, 3.8) is 0 Å². The van der Waals surface area contributed by atoms with E-state index in [0.717, 1.165) is 0 Å². The van der Waals surface area contributed by atoms with Crippen molar-refractivity contribution in [2.24, 2.45) is 0 Å². The van der Waals surface area contributed by atoms with Gasteiger partial charge in [-0.1, -0.05) is 0 Å². The van der Waals surface area contributed by atoms with Crippen LogP contribution in [0.15, 0.2) is 0 Å². The van der Waals surface area contributed by atoms with Gasteiger partial charge in [0.2, 0.25) is 0 Å². The second-order valence-corrected chi connectivity index (χ2v) is 3.88. The lowest BCUT2D eigenvalue weighted by molar-refractivity contribution is -0.134. The average Bonchev–Trinajstić information content (AvgIpc) is 2.12. The van der Waals surface area contributed by atoms with Crippen molar-refractivity contribution in [3.8, 4) is 0 Å². The first kappa shape index (κ1) is 7.72. The standard InChI is InChI=1S/C4H7O5P/c5-4(6)3-10(7)8-1-2-9-10/h1-3H2,(H,5,6). The van der Waals surface area contributed by atoms with Crippen molar-refractivity contribution < 1.29 is 23.5 Å².